The number of hydrogen-bond acceptors (Lipinski definition) is 5. The highest BCUT2D eigenvalue weighted by Crippen LogP contribution is 2.37. The van der Waals surface area contributed by atoms with E-state index in [4.69, 9.17) is 8.85 Å². The van der Waals surface area contributed by atoms with Crippen LogP contribution >= 0.6 is 0 Å². The summed E-state index contributed by atoms with van der Waals surface area (Å²) >= 11 is 0. The van der Waals surface area contributed by atoms with Gasteiger partial charge >= 0.3 is 5.69 Å². The van der Waals surface area contributed by atoms with Crippen molar-refractivity contribution >= 4 is 27.8 Å². The Kier molecular flexibility index (Phi) is 6.17. The Morgan fingerprint density at radius 1 is 0.893 bits per heavy atom. The van der Waals surface area contributed by atoms with Crippen LogP contribution in [0.2, 0.25) is 36.3 Å². The zero-order valence-corrected chi connectivity index (χ0v) is 21.1. The second-order valence-electron chi connectivity index (χ2n) is 10.5. The smallest absolute Gasteiger partial charge is 0.351 e. The molecule has 0 amide bonds. The van der Waals surface area contributed by atoms with Crippen molar-refractivity contribution in [3.8, 4) is 0 Å². The highest BCUT2D eigenvalue weighted by Gasteiger charge is 2.38. The molecule has 2 rings (SSSR count). The highest BCUT2D eigenvalue weighted by molar-refractivity contribution is 6.74. The second kappa shape index (κ2) is 7.51. The Labute approximate surface area is 170 Å². The lowest BCUT2D eigenvalue weighted by Gasteiger charge is -2.36. The molecule has 28 heavy (non-hydrogen) atoms. The SMILES string of the molecule is CC(C)(C)[Si](C)(C)OCn1cc2ncn(CO[Si](C)(C)C(C)(C)C)c2nc1=O. The molecule has 0 saturated carbocycles. The van der Waals surface area contributed by atoms with Crippen molar-refractivity contribution in [2.45, 2.75) is 91.3 Å². The fourth-order valence-corrected chi connectivity index (χ4v) is 3.83. The van der Waals surface area contributed by atoms with Crippen LogP contribution in [0.4, 0.5) is 0 Å². The molecule has 0 fully saturated rings. The van der Waals surface area contributed by atoms with Gasteiger partial charge in [-0.15, -0.1) is 0 Å². The average molecular weight is 425 g/mol. The van der Waals surface area contributed by atoms with E-state index in [0.717, 1.165) is 0 Å². The van der Waals surface area contributed by atoms with Gasteiger partial charge in [0.2, 0.25) is 0 Å². The lowest BCUT2D eigenvalue weighted by Crippen LogP contribution is -2.42. The fourth-order valence-electron chi connectivity index (χ4n) is 2.04. The third-order valence-electron chi connectivity index (χ3n) is 6.30. The molecule has 2 aromatic heterocycles. The molecule has 0 bridgehead atoms. The molecule has 0 saturated heterocycles. The first kappa shape index (κ1) is 23.0. The molecule has 0 aliphatic heterocycles. The van der Waals surface area contributed by atoms with Crippen molar-refractivity contribution in [1.29, 1.82) is 0 Å². The van der Waals surface area contributed by atoms with Crippen LogP contribution in [0.15, 0.2) is 17.3 Å². The van der Waals surface area contributed by atoms with Gasteiger partial charge in [0.15, 0.2) is 22.3 Å². The summed E-state index contributed by atoms with van der Waals surface area (Å²) in [7, 11) is -3.85. The van der Waals surface area contributed by atoms with Crippen LogP contribution in [0.1, 0.15) is 41.5 Å². The van der Waals surface area contributed by atoms with Gasteiger partial charge < -0.3 is 8.85 Å². The molecule has 7 nitrogen and oxygen atoms in total. The van der Waals surface area contributed by atoms with E-state index >= 15 is 0 Å². The van der Waals surface area contributed by atoms with Crippen LogP contribution in [0.25, 0.3) is 11.2 Å². The summed E-state index contributed by atoms with van der Waals surface area (Å²) in [6.07, 6.45) is 3.41. The number of rotatable bonds is 6. The highest BCUT2D eigenvalue weighted by atomic mass is 28.4. The van der Waals surface area contributed by atoms with Crippen LogP contribution in [-0.4, -0.2) is 35.7 Å². The number of nitrogens with zero attached hydrogens (tertiary/aromatic N) is 4. The Morgan fingerprint density at radius 2 is 1.36 bits per heavy atom. The molecule has 2 aromatic rings. The summed E-state index contributed by atoms with van der Waals surface area (Å²) in [4.78, 5) is 21.2. The van der Waals surface area contributed by atoms with E-state index in [1.54, 1.807) is 17.1 Å². The largest absolute Gasteiger partial charge is 0.399 e. The van der Waals surface area contributed by atoms with Crippen molar-refractivity contribution in [3.63, 3.8) is 0 Å². The van der Waals surface area contributed by atoms with E-state index < -0.39 is 16.6 Å². The van der Waals surface area contributed by atoms with E-state index in [1.165, 1.54) is 4.57 Å². The van der Waals surface area contributed by atoms with Gasteiger partial charge in [-0.1, -0.05) is 41.5 Å². The van der Waals surface area contributed by atoms with Crippen molar-refractivity contribution in [3.05, 3.63) is 23.0 Å². The molecule has 0 radical (unpaired) electrons. The average Bonchev–Trinajstić information content (AvgIpc) is 2.90. The van der Waals surface area contributed by atoms with E-state index in [9.17, 15) is 4.79 Å². The molecular formula is C19H36N4O3Si2. The molecule has 0 atom stereocenters. The summed E-state index contributed by atoms with van der Waals surface area (Å²) in [6.45, 7) is 22.4. The normalized spacial score (nSPS) is 14.1. The maximum Gasteiger partial charge on any atom is 0.351 e. The quantitative estimate of drug-likeness (QED) is 0.636. The number of fused-ring (bicyclic) bond motifs is 1. The molecule has 2 heterocycles. The molecule has 0 spiro atoms. The molecule has 0 N–H and O–H groups in total. The van der Waals surface area contributed by atoms with Crippen molar-refractivity contribution in [2.75, 3.05) is 0 Å². The van der Waals surface area contributed by atoms with E-state index in [1.807, 2.05) is 0 Å². The van der Waals surface area contributed by atoms with Gasteiger partial charge in [-0.3, -0.25) is 9.13 Å². The first-order valence-electron chi connectivity index (χ1n) is 9.75. The molecule has 9 heteroatoms. The third-order valence-corrected chi connectivity index (χ3v) is 15.2. The zero-order chi connectivity index (χ0) is 21.5. The van der Waals surface area contributed by atoms with E-state index in [0.29, 0.717) is 17.9 Å². The molecule has 0 unspecified atom stereocenters. The van der Waals surface area contributed by atoms with E-state index in [-0.39, 0.29) is 22.5 Å². The van der Waals surface area contributed by atoms with Gasteiger partial charge in [0.1, 0.15) is 19.0 Å². The molecule has 158 valence electrons. The first-order valence-corrected chi connectivity index (χ1v) is 15.6. The van der Waals surface area contributed by atoms with Crippen LogP contribution in [-0.2, 0) is 22.3 Å². The monoisotopic (exact) mass is 424 g/mol. The van der Waals surface area contributed by atoms with Gasteiger partial charge in [-0.25, -0.2) is 9.78 Å². The minimum absolute atomic E-state index is 0.0802. The Bertz CT molecular complexity index is 889. The van der Waals surface area contributed by atoms with Gasteiger partial charge in [0, 0.05) is 6.20 Å². The maximum atomic E-state index is 12.5. The summed E-state index contributed by atoms with van der Waals surface area (Å²) in [6, 6.07) is 0. The number of imidazole rings is 1. The summed E-state index contributed by atoms with van der Waals surface area (Å²) in [5.74, 6) is 0. The van der Waals surface area contributed by atoms with Crippen LogP contribution in [0, 0.1) is 0 Å². The number of hydrogen-bond donors (Lipinski definition) is 0. The zero-order valence-electron chi connectivity index (χ0n) is 19.1. The molecule has 0 aliphatic rings. The fraction of sp³-hybridized carbons (Fsp3) is 0.737. The lowest BCUT2D eigenvalue weighted by atomic mass is 10.2. The van der Waals surface area contributed by atoms with Crippen LogP contribution in [0.5, 0.6) is 0 Å². The molecule has 0 aliphatic carbocycles. The molecule has 0 aromatic carbocycles. The predicted octanol–water partition coefficient (Wildman–Crippen LogP) is 4.55. The van der Waals surface area contributed by atoms with Crippen LogP contribution in [0.3, 0.4) is 0 Å². The van der Waals surface area contributed by atoms with Gasteiger partial charge in [0.25, 0.3) is 0 Å². The first-order chi connectivity index (χ1) is 12.6. The molecular weight excluding hydrogens is 388 g/mol. The maximum absolute atomic E-state index is 12.5. The van der Waals surface area contributed by atoms with Crippen molar-refractivity contribution in [2.24, 2.45) is 0 Å². The predicted molar refractivity (Wildman–Crippen MR) is 118 cm³/mol. The van der Waals surface area contributed by atoms with Crippen molar-refractivity contribution < 1.29 is 8.85 Å². The number of aromatic nitrogens is 4. The van der Waals surface area contributed by atoms with E-state index in [2.05, 4.69) is 77.7 Å². The Morgan fingerprint density at radius 3 is 1.82 bits per heavy atom. The lowest BCUT2D eigenvalue weighted by molar-refractivity contribution is 0.207. The Balaban J connectivity index is 2.21. The van der Waals surface area contributed by atoms with Gasteiger partial charge in [-0.05, 0) is 36.3 Å². The summed E-state index contributed by atoms with van der Waals surface area (Å²) < 4.78 is 15.7. The van der Waals surface area contributed by atoms with Crippen molar-refractivity contribution in [1.82, 2.24) is 19.1 Å². The third kappa shape index (κ3) is 4.81. The van der Waals surface area contributed by atoms with Gasteiger partial charge in [0.05, 0.1) is 6.33 Å². The minimum atomic E-state index is -1.95. The second-order valence-corrected chi connectivity index (χ2v) is 20.1. The topological polar surface area (TPSA) is 71.2 Å². The van der Waals surface area contributed by atoms with Gasteiger partial charge in [-0.2, -0.15) is 4.98 Å². The van der Waals surface area contributed by atoms with Crippen LogP contribution < -0.4 is 5.69 Å². The summed E-state index contributed by atoms with van der Waals surface area (Å²) in [5, 5.41) is 0.196. The minimum Gasteiger partial charge on any atom is -0.399 e. The summed E-state index contributed by atoms with van der Waals surface area (Å²) in [5.41, 5.74) is 0.879. The Hall–Kier alpha value is -1.30. The standard InChI is InChI=1S/C19H36N4O3Si2/c1-18(2,3)27(7,8)25-13-22-11-15-16(21-17(22)24)23(12-20-15)14-26-28(9,10)19(4,5)6/h11-12H,13-14H2,1-10H3.